The number of anilines is 1. The number of pyridine rings is 1. The molecule has 1 saturated heterocycles. The molecule has 5 heteroatoms. The number of hydrogen-bond donors (Lipinski definition) is 1. The van der Waals surface area contributed by atoms with Gasteiger partial charge in [0.05, 0.1) is 7.11 Å². The molecule has 1 aromatic heterocycles. The molecule has 1 atom stereocenters. The van der Waals surface area contributed by atoms with Crippen LogP contribution in [0.5, 0.6) is 5.75 Å². The van der Waals surface area contributed by atoms with Gasteiger partial charge in [-0.15, -0.1) is 0 Å². The number of methoxy groups -OCH3 is 1. The number of piperazine rings is 1. The first-order chi connectivity index (χ1) is 9.80. The molecule has 0 aliphatic carbocycles. The summed E-state index contributed by atoms with van der Waals surface area (Å²) in [6.07, 6.45) is 4.08. The van der Waals surface area contributed by atoms with E-state index >= 15 is 0 Å². The van der Waals surface area contributed by atoms with Crippen LogP contribution in [0.4, 0.5) is 5.82 Å². The van der Waals surface area contributed by atoms with E-state index in [4.69, 9.17) is 10.5 Å². The highest BCUT2D eigenvalue weighted by molar-refractivity contribution is 5.52. The van der Waals surface area contributed by atoms with Crippen LogP contribution >= 0.6 is 0 Å². The third kappa shape index (κ3) is 3.41. The molecular weight excluding hydrogens is 252 g/mol. The van der Waals surface area contributed by atoms with Gasteiger partial charge in [0, 0.05) is 38.4 Å². The van der Waals surface area contributed by atoms with E-state index in [0.717, 1.165) is 50.7 Å². The summed E-state index contributed by atoms with van der Waals surface area (Å²) in [7, 11) is 1.70. The summed E-state index contributed by atoms with van der Waals surface area (Å²) in [5, 5.41) is 0. The van der Waals surface area contributed by atoms with Gasteiger partial charge in [-0.3, -0.25) is 4.90 Å². The number of rotatable bonds is 6. The molecule has 2 N–H and O–H groups in total. The summed E-state index contributed by atoms with van der Waals surface area (Å²) in [4.78, 5) is 9.33. The Morgan fingerprint density at radius 2 is 2.10 bits per heavy atom. The summed E-state index contributed by atoms with van der Waals surface area (Å²) in [6.45, 7) is 7.14. The van der Waals surface area contributed by atoms with E-state index in [1.807, 2.05) is 18.3 Å². The fourth-order valence-corrected chi connectivity index (χ4v) is 2.92. The summed E-state index contributed by atoms with van der Waals surface area (Å²) in [5.41, 5.74) is 5.70. The van der Waals surface area contributed by atoms with Gasteiger partial charge in [-0.1, -0.05) is 6.92 Å². The third-order valence-electron chi connectivity index (χ3n) is 4.07. The first kappa shape index (κ1) is 15.1. The number of ether oxygens (including phenoxy) is 1. The predicted octanol–water partition coefficient (Wildman–Crippen LogP) is 1.34. The molecule has 1 aliphatic rings. The topological polar surface area (TPSA) is 54.6 Å². The number of nitrogens with zero attached hydrogens (tertiary/aromatic N) is 3. The summed E-state index contributed by atoms with van der Waals surface area (Å²) in [5.74, 6) is 1.82. The quantitative estimate of drug-likeness (QED) is 0.851. The maximum atomic E-state index is 5.70. The average molecular weight is 278 g/mol. The van der Waals surface area contributed by atoms with E-state index in [9.17, 15) is 0 Å². The van der Waals surface area contributed by atoms with Gasteiger partial charge in [0.2, 0.25) is 0 Å². The molecule has 1 fully saturated rings. The molecule has 2 heterocycles. The molecule has 5 nitrogen and oxygen atoms in total. The lowest BCUT2D eigenvalue weighted by Gasteiger charge is -2.39. The molecule has 0 spiro atoms. The number of nitrogens with two attached hydrogens (primary N) is 1. The first-order valence-electron chi connectivity index (χ1n) is 7.48. The molecule has 1 aliphatic heterocycles. The summed E-state index contributed by atoms with van der Waals surface area (Å²) >= 11 is 0. The lowest BCUT2D eigenvalue weighted by molar-refractivity contribution is 0.172. The largest absolute Gasteiger partial charge is 0.493 e. The van der Waals surface area contributed by atoms with Crippen LogP contribution in [0.25, 0.3) is 0 Å². The van der Waals surface area contributed by atoms with Crippen molar-refractivity contribution in [1.29, 1.82) is 0 Å². The molecule has 0 bridgehead atoms. The maximum absolute atomic E-state index is 5.70. The Labute approximate surface area is 121 Å². The first-order valence-corrected chi connectivity index (χ1v) is 7.48. The van der Waals surface area contributed by atoms with Crippen LogP contribution in [0.2, 0.25) is 0 Å². The fourth-order valence-electron chi connectivity index (χ4n) is 2.92. The van der Waals surface area contributed by atoms with Crippen molar-refractivity contribution in [1.82, 2.24) is 9.88 Å². The zero-order valence-corrected chi connectivity index (χ0v) is 12.6. The van der Waals surface area contributed by atoms with Gasteiger partial charge in [-0.2, -0.15) is 0 Å². The highest BCUT2D eigenvalue weighted by Crippen LogP contribution is 2.26. The zero-order chi connectivity index (χ0) is 14.4. The van der Waals surface area contributed by atoms with Crippen LogP contribution in [0.1, 0.15) is 19.8 Å². The minimum absolute atomic E-state index is 0.618. The molecule has 2 rings (SSSR count). The molecule has 0 saturated carbocycles. The van der Waals surface area contributed by atoms with Gasteiger partial charge in [0.1, 0.15) is 0 Å². The lowest BCUT2D eigenvalue weighted by atomic mass is 10.1. The second kappa shape index (κ2) is 7.45. The minimum atomic E-state index is 0.618. The van der Waals surface area contributed by atoms with Gasteiger partial charge in [-0.25, -0.2) is 4.98 Å². The van der Waals surface area contributed by atoms with Crippen molar-refractivity contribution in [2.45, 2.75) is 25.8 Å². The standard InChI is InChI=1S/C15H26N4O/c1-3-13(6-7-16)18-9-11-19(12-10-18)15-14(20-2)5-4-8-17-15/h4-5,8,13H,3,6-7,9-12,16H2,1-2H3. The van der Waals surface area contributed by atoms with Crippen molar-refractivity contribution in [2.75, 3.05) is 44.7 Å². The minimum Gasteiger partial charge on any atom is -0.493 e. The lowest BCUT2D eigenvalue weighted by Crippen LogP contribution is -2.51. The number of aromatic nitrogens is 1. The van der Waals surface area contributed by atoms with Crippen molar-refractivity contribution in [3.05, 3.63) is 18.3 Å². The Morgan fingerprint density at radius 3 is 2.70 bits per heavy atom. The molecule has 0 aromatic carbocycles. The van der Waals surface area contributed by atoms with Gasteiger partial charge in [-0.05, 0) is 31.5 Å². The van der Waals surface area contributed by atoms with Crippen LogP contribution < -0.4 is 15.4 Å². The normalized spacial score (nSPS) is 18.1. The van der Waals surface area contributed by atoms with Crippen LogP contribution in [-0.4, -0.2) is 55.8 Å². The van der Waals surface area contributed by atoms with Crippen LogP contribution in [0, 0.1) is 0 Å². The molecular formula is C15H26N4O. The predicted molar refractivity (Wildman–Crippen MR) is 82.3 cm³/mol. The van der Waals surface area contributed by atoms with Crippen molar-refractivity contribution in [3.8, 4) is 5.75 Å². The van der Waals surface area contributed by atoms with E-state index in [1.165, 1.54) is 6.42 Å². The summed E-state index contributed by atoms with van der Waals surface area (Å²) < 4.78 is 5.40. The van der Waals surface area contributed by atoms with Crippen LogP contribution in [-0.2, 0) is 0 Å². The second-order valence-corrected chi connectivity index (χ2v) is 5.19. The van der Waals surface area contributed by atoms with Crippen molar-refractivity contribution < 1.29 is 4.74 Å². The van der Waals surface area contributed by atoms with Gasteiger partial charge < -0.3 is 15.4 Å². The maximum Gasteiger partial charge on any atom is 0.171 e. The molecule has 20 heavy (non-hydrogen) atoms. The van der Waals surface area contributed by atoms with Crippen molar-refractivity contribution in [3.63, 3.8) is 0 Å². The Kier molecular flexibility index (Phi) is 5.61. The molecule has 112 valence electrons. The Morgan fingerprint density at radius 1 is 1.35 bits per heavy atom. The van der Waals surface area contributed by atoms with E-state index in [2.05, 4.69) is 21.7 Å². The van der Waals surface area contributed by atoms with Gasteiger partial charge in [0.25, 0.3) is 0 Å². The molecule has 0 amide bonds. The third-order valence-corrected chi connectivity index (χ3v) is 4.07. The Bertz CT molecular complexity index is 405. The van der Waals surface area contributed by atoms with E-state index in [0.29, 0.717) is 6.04 Å². The van der Waals surface area contributed by atoms with Gasteiger partial charge >= 0.3 is 0 Å². The molecule has 1 aromatic rings. The van der Waals surface area contributed by atoms with Gasteiger partial charge in [0.15, 0.2) is 11.6 Å². The van der Waals surface area contributed by atoms with E-state index in [1.54, 1.807) is 7.11 Å². The van der Waals surface area contributed by atoms with Crippen molar-refractivity contribution >= 4 is 5.82 Å². The highest BCUT2D eigenvalue weighted by atomic mass is 16.5. The van der Waals surface area contributed by atoms with Crippen LogP contribution in [0.15, 0.2) is 18.3 Å². The van der Waals surface area contributed by atoms with E-state index in [-0.39, 0.29) is 0 Å². The Balaban J connectivity index is 1.97. The highest BCUT2D eigenvalue weighted by Gasteiger charge is 2.24. The monoisotopic (exact) mass is 278 g/mol. The smallest absolute Gasteiger partial charge is 0.171 e. The van der Waals surface area contributed by atoms with Crippen molar-refractivity contribution in [2.24, 2.45) is 5.73 Å². The SMILES string of the molecule is CCC(CCN)N1CCN(c2ncccc2OC)CC1. The summed E-state index contributed by atoms with van der Waals surface area (Å²) in [6, 6.07) is 4.50. The molecule has 1 unspecified atom stereocenters. The second-order valence-electron chi connectivity index (χ2n) is 5.19. The zero-order valence-electron chi connectivity index (χ0n) is 12.6. The fraction of sp³-hybridized carbons (Fsp3) is 0.667. The number of hydrogen-bond acceptors (Lipinski definition) is 5. The van der Waals surface area contributed by atoms with E-state index < -0.39 is 0 Å². The van der Waals surface area contributed by atoms with Crippen LogP contribution in [0.3, 0.4) is 0 Å². The Hall–Kier alpha value is -1.33. The molecule has 0 radical (unpaired) electrons. The average Bonchev–Trinajstić information content (AvgIpc) is 2.53.